The largest absolute Gasteiger partial charge is 0.319 e. The zero-order valence-electron chi connectivity index (χ0n) is 14.5. The molecule has 128 valence electrons. The van der Waals surface area contributed by atoms with Crippen LogP contribution < -0.4 is 5.32 Å². The van der Waals surface area contributed by atoms with Crippen molar-refractivity contribution in [2.24, 2.45) is 0 Å². The molecule has 1 heterocycles. The van der Waals surface area contributed by atoms with Crippen LogP contribution in [-0.4, -0.2) is 15.7 Å². The van der Waals surface area contributed by atoms with E-state index in [4.69, 9.17) is 0 Å². The van der Waals surface area contributed by atoms with Gasteiger partial charge in [0.2, 0.25) is 0 Å². The minimum Gasteiger partial charge on any atom is -0.319 e. The maximum atomic E-state index is 13.0. The van der Waals surface area contributed by atoms with Gasteiger partial charge in [-0.05, 0) is 50.6 Å². The number of aryl methyl sites for hydroxylation is 2. The quantitative estimate of drug-likeness (QED) is 0.774. The molecule has 1 N–H and O–H groups in total. The number of nitrogens with zero attached hydrogens (tertiary/aromatic N) is 2. The normalized spacial score (nSPS) is 10.7. The van der Waals surface area contributed by atoms with E-state index in [1.54, 1.807) is 0 Å². The number of carbonyl (C=O) groups is 1. The molecule has 0 fully saturated rings. The molecule has 0 atom stereocenters. The molecule has 4 nitrogen and oxygen atoms in total. The molecule has 0 spiro atoms. The average molecular weight is 337 g/mol. The van der Waals surface area contributed by atoms with Crippen LogP contribution in [0, 0.1) is 26.6 Å². The van der Waals surface area contributed by atoms with Crippen LogP contribution in [0.5, 0.6) is 0 Å². The highest BCUT2D eigenvalue weighted by Gasteiger charge is 2.15. The SMILES string of the molecule is Cc1ccc(Cn2nc(C)c(NC(=O)c3ccc(F)cc3)c2C)cc1. The first-order valence-electron chi connectivity index (χ1n) is 8.10. The Balaban J connectivity index is 1.80. The number of carbonyl (C=O) groups excluding carboxylic acids is 1. The summed E-state index contributed by atoms with van der Waals surface area (Å²) in [6.07, 6.45) is 0. The van der Waals surface area contributed by atoms with Crippen molar-refractivity contribution in [2.75, 3.05) is 5.32 Å². The van der Waals surface area contributed by atoms with Crippen LogP contribution in [0.2, 0.25) is 0 Å². The van der Waals surface area contributed by atoms with E-state index in [1.165, 1.54) is 29.8 Å². The first-order valence-corrected chi connectivity index (χ1v) is 8.10. The molecular weight excluding hydrogens is 317 g/mol. The summed E-state index contributed by atoms with van der Waals surface area (Å²) >= 11 is 0. The molecular formula is C20H20FN3O. The van der Waals surface area contributed by atoms with Gasteiger partial charge in [0.25, 0.3) is 5.91 Å². The van der Waals surface area contributed by atoms with Gasteiger partial charge in [0, 0.05) is 5.56 Å². The summed E-state index contributed by atoms with van der Waals surface area (Å²) in [4.78, 5) is 12.4. The molecule has 25 heavy (non-hydrogen) atoms. The summed E-state index contributed by atoms with van der Waals surface area (Å²) in [6.45, 7) is 6.48. The smallest absolute Gasteiger partial charge is 0.255 e. The first kappa shape index (κ1) is 16.9. The van der Waals surface area contributed by atoms with Crippen LogP contribution in [0.4, 0.5) is 10.1 Å². The van der Waals surface area contributed by atoms with Gasteiger partial charge in [-0.25, -0.2) is 4.39 Å². The third kappa shape index (κ3) is 3.76. The fraction of sp³-hybridized carbons (Fsp3) is 0.200. The van der Waals surface area contributed by atoms with Gasteiger partial charge in [0.05, 0.1) is 23.6 Å². The molecule has 0 aliphatic carbocycles. The van der Waals surface area contributed by atoms with Crippen LogP contribution in [0.1, 0.15) is 32.9 Å². The zero-order chi connectivity index (χ0) is 18.0. The lowest BCUT2D eigenvalue weighted by Crippen LogP contribution is -2.13. The van der Waals surface area contributed by atoms with Gasteiger partial charge in [-0.15, -0.1) is 0 Å². The fourth-order valence-corrected chi connectivity index (χ4v) is 2.69. The van der Waals surface area contributed by atoms with Gasteiger partial charge in [-0.3, -0.25) is 9.48 Å². The minimum absolute atomic E-state index is 0.277. The second kappa shape index (κ2) is 6.89. The average Bonchev–Trinajstić information content (AvgIpc) is 2.85. The van der Waals surface area contributed by atoms with Crippen molar-refractivity contribution in [3.8, 4) is 0 Å². The summed E-state index contributed by atoms with van der Waals surface area (Å²) in [5.41, 5.74) is 5.10. The standard InChI is InChI=1S/C20H20FN3O/c1-13-4-6-16(7-5-13)12-24-15(3)19(14(2)23-24)22-20(25)17-8-10-18(21)11-9-17/h4-11H,12H2,1-3H3,(H,22,25). The third-order valence-electron chi connectivity index (χ3n) is 4.18. The van der Waals surface area contributed by atoms with E-state index in [-0.39, 0.29) is 11.7 Å². The van der Waals surface area contributed by atoms with E-state index in [1.807, 2.05) is 18.5 Å². The maximum Gasteiger partial charge on any atom is 0.255 e. The Bertz CT molecular complexity index is 896. The number of rotatable bonds is 4. The van der Waals surface area contributed by atoms with Crippen molar-refractivity contribution >= 4 is 11.6 Å². The highest BCUT2D eigenvalue weighted by molar-refractivity contribution is 6.04. The molecule has 0 saturated carbocycles. The topological polar surface area (TPSA) is 46.9 Å². The van der Waals surface area contributed by atoms with Crippen molar-refractivity contribution in [2.45, 2.75) is 27.3 Å². The number of amides is 1. The molecule has 1 amide bonds. The molecule has 3 aromatic rings. The van der Waals surface area contributed by atoms with Crippen molar-refractivity contribution < 1.29 is 9.18 Å². The Labute approximate surface area is 146 Å². The molecule has 0 radical (unpaired) electrons. The predicted octanol–water partition coefficient (Wildman–Crippen LogP) is 4.25. The molecule has 0 unspecified atom stereocenters. The highest BCUT2D eigenvalue weighted by atomic mass is 19.1. The van der Waals surface area contributed by atoms with Gasteiger partial charge in [0.1, 0.15) is 5.82 Å². The molecule has 2 aromatic carbocycles. The highest BCUT2D eigenvalue weighted by Crippen LogP contribution is 2.21. The summed E-state index contributed by atoms with van der Waals surface area (Å²) in [5.74, 6) is -0.643. The molecule has 0 bridgehead atoms. The van der Waals surface area contributed by atoms with Crippen molar-refractivity contribution in [1.29, 1.82) is 0 Å². The number of anilines is 1. The number of aromatic nitrogens is 2. The van der Waals surface area contributed by atoms with Crippen LogP contribution in [0.3, 0.4) is 0 Å². The third-order valence-corrected chi connectivity index (χ3v) is 4.18. The Hall–Kier alpha value is -2.95. The van der Waals surface area contributed by atoms with Gasteiger partial charge in [0.15, 0.2) is 0 Å². The van der Waals surface area contributed by atoms with E-state index in [9.17, 15) is 9.18 Å². The van der Waals surface area contributed by atoms with Crippen molar-refractivity contribution in [3.05, 3.63) is 82.4 Å². The Morgan fingerprint density at radius 2 is 1.68 bits per heavy atom. The summed E-state index contributed by atoms with van der Waals surface area (Å²) in [6, 6.07) is 13.8. The van der Waals surface area contributed by atoms with Gasteiger partial charge in [-0.2, -0.15) is 5.10 Å². The number of hydrogen-bond donors (Lipinski definition) is 1. The number of nitrogens with one attached hydrogen (secondary N) is 1. The van der Waals surface area contributed by atoms with Crippen molar-refractivity contribution in [1.82, 2.24) is 9.78 Å². The minimum atomic E-state index is -0.366. The molecule has 1 aromatic heterocycles. The Kier molecular flexibility index (Phi) is 4.65. The predicted molar refractivity (Wildman–Crippen MR) is 96.3 cm³/mol. The second-order valence-corrected chi connectivity index (χ2v) is 6.15. The number of hydrogen-bond acceptors (Lipinski definition) is 2. The van der Waals surface area contributed by atoms with Crippen LogP contribution in [0.15, 0.2) is 48.5 Å². The molecule has 0 saturated heterocycles. The Morgan fingerprint density at radius 1 is 1.04 bits per heavy atom. The van der Waals surface area contributed by atoms with Gasteiger partial charge < -0.3 is 5.32 Å². The molecule has 5 heteroatoms. The lowest BCUT2D eigenvalue weighted by molar-refractivity contribution is 0.102. The van der Waals surface area contributed by atoms with Crippen LogP contribution in [-0.2, 0) is 6.54 Å². The van der Waals surface area contributed by atoms with E-state index in [0.717, 1.165) is 17.0 Å². The molecule has 0 aliphatic heterocycles. The second-order valence-electron chi connectivity index (χ2n) is 6.15. The maximum absolute atomic E-state index is 13.0. The Morgan fingerprint density at radius 3 is 2.32 bits per heavy atom. The number of benzene rings is 2. The molecule has 3 rings (SSSR count). The lowest BCUT2D eigenvalue weighted by atomic mass is 10.1. The van der Waals surface area contributed by atoms with Gasteiger partial charge >= 0.3 is 0 Å². The van der Waals surface area contributed by atoms with E-state index >= 15 is 0 Å². The van der Waals surface area contributed by atoms with E-state index in [2.05, 4.69) is 41.6 Å². The number of halogens is 1. The van der Waals surface area contributed by atoms with Crippen LogP contribution in [0.25, 0.3) is 0 Å². The zero-order valence-corrected chi connectivity index (χ0v) is 14.5. The van der Waals surface area contributed by atoms with Crippen molar-refractivity contribution in [3.63, 3.8) is 0 Å². The fourth-order valence-electron chi connectivity index (χ4n) is 2.69. The monoisotopic (exact) mass is 337 g/mol. The van der Waals surface area contributed by atoms with Crippen LogP contribution >= 0.6 is 0 Å². The summed E-state index contributed by atoms with van der Waals surface area (Å²) in [5, 5.41) is 7.42. The summed E-state index contributed by atoms with van der Waals surface area (Å²) < 4.78 is 14.9. The first-order chi connectivity index (χ1) is 11.9. The lowest BCUT2D eigenvalue weighted by Gasteiger charge is -2.08. The van der Waals surface area contributed by atoms with E-state index < -0.39 is 0 Å². The van der Waals surface area contributed by atoms with E-state index in [0.29, 0.717) is 17.8 Å². The molecule has 0 aliphatic rings. The summed E-state index contributed by atoms with van der Waals surface area (Å²) in [7, 11) is 0. The van der Waals surface area contributed by atoms with Gasteiger partial charge in [-0.1, -0.05) is 29.8 Å².